The number of hydrogen-bond acceptors (Lipinski definition) is 4. The van der Waals surface area contributed by atoms with Crippen molar-refractivity contribution in [3.63, 3.8) is 0 Å². The van der Waals surface area contributed by atoms with Gasteiger partial charge in [-0.3, -0.25) is 9.59 Å². The number of hydrogen-bond donors (Lipinski definition) is 1. The van der Waals surface area contributed by atoms with Gasteiger partial charge in [0.1, 0.15) is 5.92 Å². The molecule has 120 valence electrons. The van der Waals surface area contributed by atoms with E-state index in [4.69, 9.17) is 0 Å². The summed E-state index contributed by atoms with van der Waals surface area (Å²) in [5.74, 6) is -0.931. The maximum absolute atomic E-state index is 12.9. The van der Waals surface area contributed by atoms with E-state index in [1.807, 2.05) is 23.1 Å². The molecule has 0 aliphatic carbocycles. The number of nitrogens with zero attached hydrogens (tertiary/aromatic N) is 1. The quantitative estimate of drug-likeness (QED) is 0.900. The summed E-state index contributed by atoms with van der Waals surface area (Å²) in [6.45, 7) is 0.540. The molecule has 2 heterocycles. The van der Waals surface area contributed by atoms with Gasteiger partial charge in [-0.2, -0.15) is 23.1 Å². The molecule has 2 aromatic rings. The van der Waals surface area contributed by atoms with Gasteiger partial charge in [-0.15, -0.1) is 0 Å². The highest BCUT2D eigenvalue weighted by molar-refractivity contribution is 7.98. The monoisotopic (exact) mass is 347 g/mol. The zero-order valence-corrected chi connectivity index (χ0v) is 14.3. The first-order chi connectivity index (χ1) is 11.1. The van der Waals surface area contributed by atoms with Gasteiger partial charge in [0.25, 0.3) is 5.91 Å². The number of thioether (sulfide) groups is 1. The van der Waals surface area contributed by atoms with E-state index in [1.54, 1.807) is 40.9 Å². The molecule has 1 N–H and O–H groups in total. The molecule has 0 bridgehead atoms. The second kappa shape index (κ2) is 6.76. The third-order valence-corrected chi connectivity index (χ3v) is 5.42. The number of fused-ring (bicyclic) bond motifs is 1. The fourth-order valence-electron chi connectivity index (χ4n) is 3.11. The molecule has 1 amide bonds. The molecule has 0 saturated heterocycles. The molecule has 1 aromatic carbocycles. The number of benzene rings is 1. The Labute approximate surface area is 143 Å². The van der Waals surface area contributed by atoms with Crippen molar-refractivity contribution in [2.24, 2.45) is 0 Å². The topological polar surface area (TPSA) is 57.6 Å². The number of carboxylic acid groups (broad SMARTS) is 1. The normalized spacial score (nSPS) is 20.4. The molecule has 2 atom stereocenters. The van der Waals surface area contributed by atoms with E-state index in [9.17, 15) is 14.7 Å². The van der Waals surface area contributed by atoms with Gasteiger partial charge in [0.2, 0.25) is 0 Å². The Morgan fingerprint density at radius 1 is 1.35 bits per heavy atom. The Balaban J connectivity index is 2.15. The zero-order valence-electron chi connectivity index (χ0n) is 12.6. The smallest absolute Gasteiger partial charge is 0.313 e. The Morgan fingerprint density at radius 2 is 2.13 bits per heavy atom. The number of carbonyl (C=O) groups excluding carboxylic acids is 1. The van der Waals surface area contributed by atoms with E-state index >= 15 is 0 Å². The van der Waals surface area contributed by atoms with Crippen LogP contribution in [0.2, 0.25) is 0 Å². The first-order valence-electron chi connectivity index (χ1n) is 7.29. The molecule has 6 heteroatoms. The summed E-state index contributed by atoms with van der Waals surface area (Å²) in [5.41, 5.74) is 2.01. The van der Waals surface area contributed by atoms with Crippen LogP contribution in [0, 0.1) is 0 Å². The zero-order chi connectivity index (χ0) is 16.4. The van der Waals surface area contributed by atoms with Crippen LogP contribution in [0.1, 0.15) is 33.4 Å². The molecular weight excluding hydrogens is 330 g/mol. The average molecular weight is 347 g/mol. The van der Waals surface area contributed by atoms with Crippen LogP contribution < -0.4 is 0 Å². The van der Waals surface area contributed by atoms with E-state index in [0.717, 1.165) is 11.3 Å². The van der Waals surface area contributed by atoms with Crippen molar-refractivity contribution in [2.45, 2.75) is 12.0 Å². The minimum Gasteiger partial charge on any atom is -0.481 e. The van der Waals surface area contributed by atoms with Crippen molar-refractivity contribution in [3.8, 4) is 0 Å². The predicted octanol–water partition coefficient (Wildman–Crippen LogP) is 3.48. The van der Waals surface area contributed by atoms with Gasteiger partial charge >= 0.3 is 5.97 Å². The van der Waals surface area contributed by atoms with Crippen molar-refractivity contribution in [2.75, 3.05) is 18.6 Å². The van der Waals surface area contributed by atoms with Gasteiger partial charge < -0.3 is 10.0 Å². The third kappa shape index (κ3) is 2.88. The van der Waals surface area contributed by atoms with Crippen LogP contribution in [-0.2, 0) is 4.79 Å². The average Bonchev–Trinajstić information content (AvgIpc) is 3.07. The Bertz CT molecular complexity index is 714. The highest BCUT2D eigenvalue weighted by atomic mass is 32.2. The fraction of sp³-hybridized carbons (Fsp3) is 0.294. The van der Waals surface area contributed by atoms with Crippen LogP contribution in [0.5, 0.6) is 0 Å². The molecule has 4 nitrogen and oxygen atoms in total. The van der Waals surface area contributed by atoms with Crippen LogP contribution in [0.4, 0.5) is 0 Å². The summed E-state index contributed by atoms with van der Waals surface area (Å²) >= 11 is 3.17. The van der Waals surface area contributed by atoms with Gasteiger partial charge in [0.15, 0.2) is 0 Å². The van der Waals surface area contributed by atoms with Crippen LogP contribution in [0.15, 0.2) is 41.1 Å². The van der Waals surface area contributed by atoms with Crippen molar-refractivity contribution in [1.29, 1.82) is 0 Å². The standard InChI is InChI=1S/C17H17NO3S2/c1-22-9-7-18-15(11-6-8-23-10-11)14(17(20)21)12-4-2-3-5-13(12)16(18)19/h2-6,8,10,14-15H,7,9H2,1H3,(H,20,21)/t14-,15+/m1/s1. The number of carbonyl (C=O) groups is 2. The minimum atomic E-state index is -0.893. The first-order valence-corrected chi connectivity index (χ1v) is 9.62. The van der Waals surface area contributed by atoms with Crippen molar-refractivity contribution >= 4 is 35.0 Å². The molecule has 0 fully saturated rings. The number of thiophene rings is 1. The van der Waals surface area contributed by atoms with E-state index in [-0.39, 0.29) is 5.91 Å². The molecule has 23 heavy (non-hydrogen) atoms. The Morgan fingerprint density at radius 3 is 2.78 bits per heavy atom. The summed E-state index contributed by atoms with van der Waals surface area (Å²) < 4.78 is 0. The van der Waals surface area contributed by atoms with Crippen LogP contribution in [-0.4, -0.2) is 40.4 Å². The molecule has 1 aliphatic rings. The molecular formula is C17H17NO3S2. The van der Waals surface area contributed by atoms with E-state index < -0.39 is 17.9 Å². The predicted molar refractivity (Wildman–Crippen MR) is 93.3 cm³/mol. The highest BCUT2D eigenvalue weighted by Gasteiger charge is 2.44. The van der Waals surface area contributed by atoms with Gasteiger partial charge in [-0.05, 0) is 40.3 Å². The molecule has 1 aliphatic heterocycles. The number of rotatable bonds is 5. The van der Waals surface area contributed by atoms with Crippen molar-refractivity contribution in [1.82, 2.24) is 4.90 Å². The van der Waals surface area contributed by atoms with Gasteiger partial charge in [-0.25, -0.2) is 0 Å². The summed E-state index contributed by atoms with van der Waals surface area (Å²) in [5, 5.41) is 13.7. The van der Waals surface area contributed by atoms with Crippen molar-refractivity contribution in [3.05, 3.63) is 57.8 Å². The third-order valence-electron chi connectivity index (χ3n) is 4.13. The van der Waals surface area contributed by atoms with E-state index in [0.29, 0.717) is 17.7 Å². The lowest BCUT2D eigenvalue weighted by Crippen LogP contribution is -2.45. The largest absolute Gasteiger partial charge is 0.481 e. The number of carboxylic acids is 1. The van der Waals surface area contributed by atoms with Crippen molar-refractivity contribution < 1.29 is 14.7 Å². The highest BCUT2D eigenvalue weighted by Crippen LogP contribution is 2.43. The van der Waals surface area contributed by atoms with E-state index in [1.165, 1.54) is 11.3 Å². The summed E-state index contributed by atoms with van der Waals surface area (Å²) in [6.07, 6.45) is 1.98. The number of amides is 1. The molecule has 0 radical (unpaired) electrons. The molecule has 0 unspecified atom stereocenters. The Hall–Kier alpha value is -1.79. The molecule has 0 spiro atoms. The summed E-state index contributed by atoms with van der Waals surface area (Å²) in [7, 11) is 0. The lowest BCUT2D eigenvalue weighted by atomic mass is 9.80. The lowest BCUT2D eigenvalue weighted by Gasteiger charge is -2.40. The van der Waals surface area contributed by atoms with Gasteiger partial charge in [-0.1, -0.05) is 18.2 Å². The molecule has 3 rings (SSSR count). The van der Waals surface area contributed by atoms with Crippen LogP contribution in [0.3, 0.4) is 0 Å². The van der Waals surface area contributed by atoms with Gasteiger partial charge in [0, 0.05) is 17.9 Å². The van der Waals surface area contributed by atoms with Crippen LogP contribution in [0.25, 0.3) is 0 Å². The second-order valence-electron chi connectivity index (χ2n) is 5.40. The molecule has 0 saturated carbocycles. The SMILES string of the molecule is CSCCN1C(=O)c2ccccc2[C@@H](C(=O)O)[C@@H]1c1ccsc1. The second-order valence-corrected chi connectivity index (χ2v) is 7.16. The minimum absolute atomic E-state index is 0.0802. The first kappa shape index (κ1) is 16.1. The van der Waals surface area contributed by atoms with E-state index in [2.05, 4.69) is 0 Å². The number of aliphatic carboxylic acids is 1. The fourth-order valence-corrected chi connectivity index (χ4v) is 4.18. The summed E-state index contributed by atoms with van der Waals surface area (Å²) in [4.78, 5) is 26.7. The van der Waals surface area contributed by atoms with Gasteiger partial charge in [0.05, 0.1) is 6.04 Å². The Kier molecular flexibility index (Phi) is 4.73. The van der Waals surface area contributed by atoms with Crippen LogP contribution >= 0.6 is 23.1 Å². The lowest BCUT2D eigenvalue weighted by molar-refractivity contribution is -0.140. The molecule has 1 aromatic heterocycles. The maximum Gasteiger partial charge on any atom is 0.313 e. The maximum atomic E-state index is 12.9. The summed E-state index contributed by atoms with van der Waals surface area (Å²) in [6, 6.07) is 8.53.